The van der Waals surface area contributed by atoms with Gasteiger partial charge in [-0.15, -0.1) is 0 Å². The first-order valence-electron chi connectivity index (χ1n) is 6.97. The topological polar surface area (TPSA) is 70.2 Å². The van der Waals surface area contributed by atoms with Crippen molar-refractivity contribution in [2.45, 2.75) is 32.2 Å². The van der Waals surface area contributed by atoms with Gasteiger partial charge < -0.3 is 16.0 Å². The Hall–Kier alpha value is -1.88. The Kier molecular flexibility index (Phi) is 4.74. The second-order valence-electron chi connectivity index (χ2n) is 5.33. The molecule has 20 heavy (non-hydrogen) atoms. The maximum atomic E-state index is 11.9. The lowest BCUT2D eigenvalue weighted by Gasteiger charge is -2.22. The van der Waals surface area contributed by atoms with Crippen molar-refractivity contribution in [3.63, 3.8) is 0 Å². The summed E-state index contributed by atoms with van der Waals surface area (Å²) in [5.74, 6) is 0.202. The maximum absolute atomic E-state index is 11.9. The Morgan fingerprint density at radius 2 is 2.00 bits per heavy atom. The molecule has 1 aromatic rings. The number of nitrogens with one attached hydrogen (secondary N) is 3. The van der Waals surface area contributed by atoms with Gasteiger partial charge in [0.1, 0.15) is 0 Å². The van der Waals surface area contributed by atoms with Crippen LogP contribution < -0.4 is 16.0 Å². The molecule has 2 amide bonds. The number of carbonyl (C=O) groups is 2. The van der Waals surface area contributed by atoms with Gasteiger partial charge in [0.25, 0.3) is 0 Å². The molecule has 0 radical (unpaired) electrons. The lowest BCUT2D eigenvalue weighted by atomic mass is 10.0. The molecule has 0 aromatic heterocycles. The first-order chi connectivity index (χ1) is 9.56. The van der Waals surface area contributed by atoms with Crippen LogP contribution in [0.1, 0.15) is 31.7 Å². The second-order valence-corrected chi connectivity index (χ2v) is 5.33. The lowest BCUT2D eigenvalue weighted by molar-refractivity contribution is -0.127. The van der Waals surface area contributed by atoms with Gasteiger partial charge in [-0.1, -0.05) is 26.0 Å². The first kappa shape index (κ1) is 14.5. The predicted molar refractivity (Wildman–Crippen MR) is 78.6 cm³/mol. The van der Waals surface area contributed by atoms with Gasteiger partial charge in [-0.05, 0) is 23.6 Å². The fourth-order valence-electron chi connectivity index (χ4n) is 2.16. The second kappa shape index (κ2) is 6.52. The van der Waals surface area contributed by atoms with Crippen molar-refractivity contribution in [2.24, 2.45) is 0 Å². The van der Waals surface area contributed by atoms with Gasteiger partial charge in [0.2, 0.25) is 11.8 Å². The SMILES string of the molecule is CC(C)c1ccc(NC(=O)C[C@H]2NCCNC2=O)cc1. The molecule has 1 atom stereocenters. The Balaban J connectivity index is 1.89. The average molecular weight is 275 g/mol. The van der Waals surface area contributed by atoms with Crippen molar-refractivity contribution in [3.8, 4) is 0 Å². The molecule has 1 fully saturated rings. The number of piperazine rings is 1. The van der Waals surface area contributed by atoms with E-state index >= 15 is 0 Å². The number of carbonyl (C=O) groups excluding carboxylic acids is 2. The Morgan fingerprint density at radius 1 is 1.30 bits per heavy atom. The summed E-state index contributed by atoms with van der Waals surface area (Å²) in [6.45, 7) is 5.57. The lowest BCUT2D eigenvalue weighted by Crippen LogP contribution is -2.53. The number of amides is 2. The van der Waals surface area contributed by atoms with Crippen LogP contribution in [0.4, 0.5) is 5.69 Å². The van der Waals surface area contributed by atoms with E-state index in [9.17, 15) is 9.59 Å². The molecule has 1 aliphatic rings. The van der Waals surface area contributed by atoms with Crippen LogP contribution >= 0.6 is 0 Å². The minimum atomic E-state index is -0.432. The monoisotopic (exact) mass is 275 g/mol. The standard InChI is InChI=1S/C15H21N3O2/c1-10(2)11-3-5-12(6-4-11)18-14(19)9-13-15(20)17-8-7-16-13/h3-6,10,13,16H,7-9H2,1-2H3,(H,17,20)(H,18,19)/t13-/m1/s1. The molecule has 0 bridgehead atoms. The normalized spacial score (nSPS) is 18.8. The van der Waals surface area contributed by atoms with Crippen molar-refractivity contribution in [3.05, 3.63) is 29.8 Å². The van der Waals surface area contributed by atoms with E-state index in [1.54, 1.807) is 0 Å². The third-order valence-electron chi connectivity index (χ3n) is 3.38. The Morgan fingerprint density at radius 3 is 2.60 bits per heavy atom. The van der Waals surface area contributed by atoms with Crippen LogP contribution in [0.5, 0.6) is 0 Å². The Bertz CT molecular complexity index is 482. The van der Waals surface area contributed by atoms with E-state index in [1.165, 1.54) is 5.56 Å². The summed E-state index contributed by atoms with van der Waals surface area (Å²) in [5, 5.41) is 8.59. The van der Waals surface area contributed by atoms with Gasteiger partial charge in [-0.25, -0.2) is 0 Å². The summed E-state index contributed by atoms with van der Waals surface area (Å²) < 4.78 is 0. The zero-order chi connectivity index (χ0) is 14.5. The van der Waals surface area contributed by atoms with Crippen molar-refractivity contribution in [1.29, 1.82) is 0 Å². The first-order valence-corrected chi connectivity index (χ1v) is 6.97. The van der Waals surface area contributed by atoms with E-state index in [1.807, 2.05) is 24.3 Å². The largest absolute Gasteiger partial charge is 0.353 e. The highest BCUT2D eigenvalue weighted by Crippen LogP contribution is 2.17. The van der Waals surface area contributed by atoms with E-state index in [2.05, 4.69) is 29.8 Å². The van der Waals surface area contributed by atoms with Crippen LogP contribution in [0.2, 0.25) is 0 Å². The van der Waals surface area contributed by atoms with E-state index in [-0.39, 0.29) is 18.2 Å². The minimum absolute atomic E-state index is 0.110. The summed E-state index contributed by atoms with van der Waals surface area (Å²) in [6, 6.07) is 7.36. The van der Waals surface area contributed by atoms with Gasteiger partial charge in [0.15, 0.2) is 0 Å². The molecule has 5 nitrogen and oxygen atoms in total. The minimum Gasteiger partial charge on any atom is -0.353 e. The predicted octanol–water partition coefficient (Wildman–Crippen LogP) is 1.23. The molecule has 2 rings (SSSR count). The van der Waals surface area contributed by atoms with Crippen LogP contribution in [0.3, 0.4) is 0 Å². The molecule has 1 heterocycles. The molecule has 1 saturated heterocycles. The van der Waals surface area contributed by atoms with Crippen molar-refractivity contribution < 1.29 is 9.59 Å². The molecule has 5 heteroatoms. The molecule has 0 unspecified atom stereocenters. The highest BCUT2D eigenvalue weighted by molar-refractivity contribution is 5.95. The zero-order valence-electron chi connectivity index (χ0n) is 11.9. The number of hydrogen-bond acceptors (Lipinski definition) is 3. The highest BCUT2D eigenvalue weighted by Gasteiger charge is 2.23. The summed E-state index contributed by atoms with van der Waals surface area (Å²) in [6.07, 6.45) is 0.151. The highest BCUT2D eigenvalue weighted by atomic mass is 16.2. The maximum Gasteiger partial charge on any atom is 0.237 e. The van der Waals surface area contributed by atoms with E-state index in [0.717, 1.165) is 5.69 Å². The number of anilines is 1. The van der Waals surface area contributed by atoms with E-state index in [0.29, 0.717) is 19.0 Å². The van der Waals surface area contributed by atoms with Gasteiger partial charge in [0.05, 0.1) is 12.5 Å². The third kappa shape index (κ3) is 3.81. The molecule has 3 N–H and O–H groups in total. The van der Waals surface area contributed by atoms with E-state index in [4.69, 9.17) is 0 Å². The summed E-state index contributed by atoms with van der Waals surface area (Å²) in [4.78, 5) is 23.5. The van der Waals surface area contributed by atoms with Crippen LogP contribution in [-0.4, -0.2) is 30.9 Å². The molecule has 108 valence electrons. The average Bonchev–Trinajstić information content (AvgIpc) is 2.42. The zero-order valence-corrected chi connectivity index (χ0v) is 11.9. The molecular formula is C15H21N3O2. The smallest absolute Gasteiger partial charge is 0.237 e. The van der Waals surface area contributed by atoms with Gasteiger partial charge >= 0.3 is 0 Å². The van der Waals surface area contributed by atoms with Crippen LogP contribution in [-0.2, 0) is 9.59 Å². The van der Waals surface area contributed by atoms with Gasteiger partial charge in [0, 0.05) is 18.8 Å². The number of rotatable bonds is 4. The molecular weight excluding hydrogens is 254 g/mol. The molecule has 0 saturated carbocycles. The number of hydrogen-bond donors (Lipinski definition) is 3. The Labute approximate surface area is 119 Å². The van der Waals surface area contributed by atoms with Crippen LogP contribution in [0.15, 0.2) is 24.3 Å². The van der Waals surface area contributed by atoms with Gasteiger partial charge in [-0.2, -0.15) is 0 Å². The van der Waals surface area contributed by atoms with Crippen molar-refractivity contribution in [2.75, 3.05) is 18.4 Å². The summed E-state index contributed by atoms with van der Waals surface area (Å²) in [7, 11) is 0. The van der Waals surface area contributed by atoms with Gasteiger partial charge in [-0.3, -0.25) is 9.59 Å². The molecule has 0 spiro atoms. The fourth-order valence-corrected chi connectivity index (χ4v) is 2.16. The van der Waals surface area contributed by atoms with Crippen molar-refractivity contribution >= 4 is 17.5 Å². The molecule has 1 aromatic carbocycles. The number of benzene rings is 1. The summed E-state index contributed by atoms with van der Waals surface area (Å²) >= 11 is 0. The fraction of sp³-hybridized carbons (Fsp3) is 0.467. The molecule has 0 aliphatic carbocycles. The third-order valence-corrected chi connectivity index (χ3v) is 3.38. The van der Waals surface area contributed by atoms with E-state index < -0.39 is 6.04 Å². The van der Waals surface area contributed by atoms with Crippen LogP contribution in [0.25, 0.3) is 0 Å². The van der Waals surface area contributed by atoms with Crippen molar-refractivity contribution in [1.82, 2.24) is 10.6 Å². The quantitative estimate of drug-likeness (QED) is 0.774. The molecule has 1 aliphatic heterocycles. The summed E-state index contributed by atoms with van der Waals surface area (Å²) in [5.41, 5.74) is 1.99. The van der Waals surface area contributed by atoms with Crippen LogP contribution in [0, 0.1) is 0 Å².